The van der Waals surface area contributed by atoms with E-state index in [1.54, 1.807) is 0 Å². The summed E-state index contributed by atoms with van der Waals surface area (Å²) < 4.78 is 97.7. The van der Waals surface area contributed by atoms with Crippen molar-refractivity contribution in [1.82, 2.24) is 0 Å². The number of hydrogen-bond acceptors (Lipinski definition) is 4. The standard InChI is InChI=1S/C21H18F6O4/c1-10-15(13-8-9-14(23)16(24)17(13)29-3)19(31-20(10,2)21(25,26)27)30-18(28)11-4-6-12(22)7-5-11/h4-10,15,19H,1-3H3/t10-,15-,19+,20+/m0/s1. The highest BCUT2D eigenvalue weighted by Crippen LogP contribution is 2.55. The molecule has 4 atom stereocenters. The highest BCUT2D eigenvalue weighted by Gasteiger charge is 2.65. The first kappa shape index (κ1) is 22.9. The van der Waals surface area contributed by atoms with Crippen LogP contribution < -0.4 is 4.74 Å². The Kier molecular flexibility index (Phi) is 5.96. The van der Waals surface area contributed by atoms with Crippen molar-refractivity contribution < 1.29 is 45.3 Å². The number of benzene rings is 2. The summed E-state index contributed by atoms with van der Waals surface area (Å²) in [4.78, 5) is 12.5. The number of halogens is 6. The normalized spacial score (nSPS) is 26.0. The van der Waals surface area contributed by atoms with Gasteiger partial charge in [-0.3, -0.25) is 0 Å². The predicted octanol–water partition coefficient (Wildman–Crippen LogP) is 5.37. The first-order valence-corrected chi connectivity index (χ1v) is 9.13. The highest BCUT2D eigenvalue weighted by atomic mass is 19.4. The Hall–Kier alpha value is -2.75. The molecule has 0 saturated carbocycles. The molecule has 3 rings (SSSR count). The lowest BCUT2D eigenvalue weighted by Gasteiger charge is -2.31. The van der Waals surface area contributed by atoms with E-state index in [4.69, 9.17) is 14.2 Å². The van der Waals surface area contributed by atoms with Crippen molar-refractivity contribution in [3.63, 3.8) is 0 Å². The van der Waals surface area contributed by atoms with Crippen LogP contribution in [0.2, 0.25) is 0 Å². The number of hydrogen-bond donors (Lipinski definition) is 0. The Balaban J connectivity index is 2.06. The maximum atomic E-state index is 14.3. The molecule has 1 fully saturated rings. The van der Waals surface area contributed by atoms with Gasteiger partial charge in [0.25, 0.3) is 0 Å². The van der Waals surface area contributed by atoms with Gasteiger partial charge in [-0.25, -0.2) is 13.6 Å². The van der Waals surface area contributed by atoms with Gasteiger partial charge < -0.3 is 14.2 Å². The Labute approximate surface area is 173 Å². The summed E-state index contributed by atoms with van der Waals surface area (Å²) >= 11 is 0. The van der Waals surface area contributed by atoms with Gasteiger partial charge in [0.2, 0.25) is 12.1 Å². The van der Waals surface area contributed by atoms with E-state index in [9.17, 15) is 31.1 Å². The fraction of sp³-hybridized carbons (Fsp3) is 0.381. The van der Waals surface area contributed by atoms with Gasteiger partial charge in [-0.1, -0.05) is 13.0 Å². The maximum absolute atomic E-state index is 14.3. The molecule has 31 heavy (non-hydrogen) atoms. The largest absolute Gasteiger partial charge is 0.493 e. The fourth-order valence-corrected chi connectivity index (χ4v) is 3.61. The summed E-state index contributed by atoms with van der Waals surface area (Å²) in [5.74, 6) is -7.69. The molecule has 4 nitrogen and oxygen atoms in total. The van der Waals surface area contributed by atoms with Crippen LogP contribution in [0, 0.1) is 23.4 Å². The van der Waals surface area contributed by atoms with Gasteiger partial charge in [0, 0.05) is 11.5 Å². The molecule has 0 radical (unpaired) electrons. The second kappa shape index (κ2) is 8.07. The van der Waals surface area contributed by atoms with Crippen LogP contribution in [-0.2, 0) is 9.47 Å². The molecular weight excluding hydrogens is 430 g/mol. The van der Waals surface area contributed by atoms with Crippen LogP contribution in [0.1, 0.15) is 35.7 Å². The number of carbonyl (C=O) groups is 1. The van der Waals surface area contributed by atoms with E-state index in [0.717, 1.165) is 50.4 Å². The molecule has 0 N–H and O–H groups in total. The molecule has 2 aromatic rings. The Morgan fingerprint density at radius 3 is 2.23 bits per heavy atom. The van der Waals surface area contributed by atoms with Gasteiger partial charge in [-0.15, -0.1) is 0 Å². The molecule has 0 spiro atoms. The van der Waals surface area contributed by atoms with Gasteiger partial charge in [0.1, 0.15) is 5.82 Å². The molecule has 0 aromatic heterocycles. The van der Waals surface area contributed by atoms with E-state index in [0.29, 0.717) is 0 Å². The van der Waals surface area contributed by atoms with Crippen molar-refractivity contribution >= 4 is 5.97 Å². The second-order valence-corrected chi connectivity index (χ2v) is 7.30. The van der Waals surface area contributed by atoms with Crippen LogP contribution in [0.25, 0.3) is 0 Å². The van der Waals surface area contributed by atoms with Gasteiger partial charge in [-0.05, 0) is 37.3 Å². The number of ether oxygens (including phenoxy) is 3. The summed E-state index contributed by atoms with van der Waals surface area (Å²) in [6.07, 6.45) is -6.68. The number of carbonyl (C=O) groups excluding carboxylic acids is 1. The van der Waals surface area contributed by atoms with Crippen LogP contribution in [0.4, 0.5) is 26.3 Å². The third kappa shape index (κ3) is 3.96. The predicted molar refractivity (Wildman–Crippen MR) is 96.0 cm³/mol. The summed E-state index contributed by atoms with van der Waals surface area (Å²) in [6.45, 7) is 1.98. The van der Waals surface area contributed by atoms with E-state index in [2.05, 4.69) is 0 Å². The lowest BCUT2D eigenvalue weighted by molar-refractivity contribution is -0.291. The summed E-state index contributed by atoms with van der Waals surface area (Å²) in [7, 11) is 1.03. The second-order valence-electron chi connectivity index (χ2n) is 7.30. The van der Waals surface area contributed by atoms with Crippen molar-refractivity contribution in [2.24, 2.45) is 5.92 Å². The van der Waals surface area contributed by atoms with Crippen molar-refractivity contribution in [3.05, 3.63) is 65.0 Å². The molecule has 1 saturated heterocycles. The number of rotatable bonds is 4. The number of esters is 1. The monoisotopic (exact) mass is 448 g/mol. The zero-order chi connectivity index (χ0) is 23.1. The van der Waals surface area contributed by atoms with E-state index >= 15 is 0 Å². The van der Waals surface area contributed by atoms with E-state index < -0.39 is 59.1 Å². The van der Waals surface area contributed by atoms with Crippen LogP contribution >= 0.6 is 0 Å². The van der Waals surface area contributed by atoms with Crippen molar-refractivity contribution in [2.75, 3.05) is 7.11 Å². The molecule has 0 amide bonds. The lowest BCUT2D eigenvalue weighted by atomic mass is 9.79. The smallest absolute Gasteiger partial charge is 0.417 e. The first-order valence-electron chi connectivity index (χ1n) is 9.13. The number of alkyl halides is 3. The average molecular weight is 448 g/mol. The molecule has 1 aliphatic heterocycles. The minimum absolute atomic E-state index is 0.130. The van der Waals surface area contributed by atoms with Crippen LogP contribution in [0.15, 0.2) is 36.4 Å². The quantitative estimate of drug-likeness (QED) is 0.466. The molecule has 10 heteroatoms. The van der Waals surface area contributed by atoms with Gasteiger partial charge in [0.15, 0.2) is 17.2 Å². The molecule has 1 heterocycles. The van der Waals surface area contributed by atoms with Gasteiger partial charge >= 0.3 is 12.1 Å². The topological polar surface area (TPSA) is 44.8 Å². The summed E-state index contributed by atoms with van der Waals surface area (Å²) in [5, 5.41) is 0. The third-order valence-corrected chi connectivity index (χ3v) is 5.57. The van der Waals surface area contributed by atoms with Crippen molar-refractivity contribution in [3.8, 4) is 5.75 Å². The van der Waals surface area contributed by atoms with Crippen LogP contribution in [0.3, 0.4) is 0 Å². The van der Waals surface area contributed by atoms with Crippen molar-refractivity contribution in [2.45, 2.75) is 37.8 Å². The van der Waals surface area contributed by atoms with Crippen LogP contribution in [-0.4, -0.2) is 31.1 Å². The maximum Gasteiger partial charge on any atom is 0.417 e. The molecule has 2 aromatic carbocycles. The minimum atomic E-state index is -4.87. The van der Waals surface area contributed by atoms with E-state index in [-0.39, 0.29) is 11.1 Å². The average Bonchev–Trinajstić information content (AvgIpc) is 2.95. The zero-order valence-corrected chi connectivity index (χ0v) is 16.6. The van der Waals surface area contributed by atoms with E-state index in [1.807, 2.05) is 0 Å². The molecule has 0 aliphatic carbocycles. The van der Waals surface area contributed by atoms with Crippen LogP contribution in [0.5, 0.6) is 5.75 Å². The molecule has 168 valence electrons. The number of methoxy groups -OCH3 is 1. The van der Waals surface area contributed by atoms with Crippen molar-refractivity contribution in [1.29, 1.82) is 0 Å². The fourth-order valence-electron chi connectivity index (χ4n) is 3.61. The third-order valence-electron chi connectivity index (χ3n) is 5.57. The molecular formula is C21H18F6O4. The molecule has 0 bridgehead atoms. The SMILES string of the molecule is COc1c([C@H]2[C@H](OC(=O)c3ccc(F)cc3)O[C@@](C)(C(F)(F)F)[C@H]2C)ccc(F)c1F. The lowest BCUT2D eigenvalue weighted by Crippen LogP contribution is -2.47. The van der Waals surface area contributed by atoms with Gasteiger partial charge in [-0.2, -0.15) is 17.6 Å². The minimum Gasteiger partial charge on any atom is -0.493 e. The summed E-state index contributed by atoms with van der Waals surface area (Å²) in [6, 6.07) is 5.93. The first-order chi connectivity index (χ1) is 14.4. The van der Waals surface area contributed by atoms with E-state index in [1.165, 1.54) is 6.92 Å². The Bertz CT molecular complexity index is 975. The Morgan fingerprint density at radius 1 is 1.06 bits per heavy atom. The highest BCUT2D eigenvalue weighted by molar-refractivity contribution is 5.89. The van der Waals surface area contributed by atoms with Gasteiger partial charge in [0.05, 0.1) is 18.6 Å². The summed E-state index contributed by atoms with van der Waals surface area (Å²) in [5.41, 5.74) is -3.05. The molecule has 0 unspecified atom stereocenters. The molecule has 1 aliphatic rings. The Morgan fingerprint density at radius 2 is 1.68 bits per heavy atom. The zero-order valence-electron chi connectivity index (χ0n) is 16.6.